The van der Waals surface area contributed by atoms with Crippen LogP contribution >= 0.6 is 0 Å². The predicted octanol–water partition coefficient (Wildman–Crippen LogP) is 0.188. The number of carbonyl (C=O) groups is 2. The Labute approximate surface area is 101 Å². The first kappa shape index (κ1) is 16.0. The molecule has 0 N–H and O–H groups in total. The summed E-state index contributed by atoms with van der Waals surface area (Å²) in [5.41, 5.74) is 0. The average Bonchev–Trinajstić information content (AvgIpc) is 2.32. The smallest absolute Gasteiger partial charge is 0.332 e. The minimum Gasteiger partial charge on any atom is -0.464 e. The molecule has 6 nitrogen and oxygen atoms in total. The molecule has 0 spiro atoms. The van der Waals surface area contributed by atoms with Gasteiger partial charge in [0.05, 0.1) is 39.6 Å². The Kier molecular flexibility index (Phi) is 12.3. The standard InChI is InChI=1S/C11H20O6/c1-2-17-11(13)10-16-9-8-15-7-6-14-5-3-4-12/h4H,2-3,5-10H2,1H3. The fourth-order valence-corrected chi connectivity index (χ4v) is 0.929. The zero-order valence-electron chi connectivity index (χ0n) is 10.2. The van der Waals surface area contributed by atoms with E-state index in [0.717, 1.165) is 6.29 Å². The van der Waals surface area contributed by atoms with Crippen molar-refractivity contribution >= 4 is 12.3 Å². The third kappa shape index (κ3) is 13.0. The van der Waals surface area contributed by atoms with Gasteiger partial charge in [0.2, 0.25) is 0 Å². The molecule has 0 saturated heterocycles. The third-order valence-electron chi connectivity index (χ3n) is 1.65. The van der Waals surface area contributed by atoms with Crippen LogP contribution in [0.25, 0.3) is 0 Å². The lowest BCUT2D eigenvalue weighted by molar-refractivity contribution is -0.149. The monoisotopic (exact) mass is 248 g/mol. The third-order valence-corrected chi connectivity index (χ3v) is 1.65. The second kappa shape index (κ2) is 13.1. The van der Waals surface area contributed by atoms with Crippen molar-refractivity contribution in [1.82, 2.24) is 0 Å². The van der Waals surface area contributed by atoms with E-state index in [9.17, 15) is 9.59 Å². The Morgan fingerprint density at radius 3 is 2.18 bits per heavy atom. The number of ether oxygens (including phenoxy) is 4. The molecular weight excluding hydrogens is 228 g/mol. The molecule has 0 saturated carbocycles. The fraction of sp³-hybridized carbons (Fsp3) is 0.818. The molecule has 0 unspecified atom stereocenters. The van der Waals surface area contributed by atoms with Crippen molar-refractivity contribution in [2.24, 2.45) is 0 Å². The van der Waals surface area contributed by atoms with E-state index in [0.29, 0.717) is 46.1 Å². The summed E-state index contributed by atoms with van der Waals surface area (Å²) in [5.74, 6) is -0.371. The molecule has 0 radical (unpaired) electrons. The van der Waals surface area contributed by atoms with E-state index in [1.54, 1.807) is 6.92 Å². The first-order valence-electron chi connectivity index (χ1n) is 5.63. The zero-order chi connectivity index (χ0) is 12.8. The molecule has 0 amide bonds. The van der Waals surface area contributed by atoms with Crippen LogP contribution in [0.2, 0.25) is 0 Å². The van der Waals surface area contributed by atoms with Crippen LogP contribution in [0.15, 0.2) is 0 Å². The molecule has 0 rings (SSSR count). The van der Waals surface area contributed by atoms with Crippen LogP contribution in [0, 0.1) is 0 Å². The topological polar surface area (TPSA) is 71.1 Å². The predicted molar refractivity (Wildman–Crippen MR) is 59.8 cm³/mol. The molecule has 0 aliphatic rings. The summed E-state index contributed by atoms with van der Waals surface area (Å²) in [6, 6.07) is 0. The lowest BCUT2D eigenvalue weighted by atomic mass is 10.5. The Morgan fingerprint density at radius 2 is 1.59 bits per heavy atom. The highest BCUT2D eigenvalue weighted by Gasteiger charge is 2.00. The van der Waals surface area contributed by atoms with Crippen LogP contribution in [0.5, 0.6) is 0 Å². The molecule has 0 aromatic carbocycles. The average molecular weight is 248 g/mol. The molecule has 0 aromatic rings. The van der Waals surface area contributed by atoms with Gasteiger partial charge in [0, 0.05) is 6.42 Å². The summed E-state index contributed by atoms with van der Waals surface area (Å²) in [5, 5.41) is 0. The maximum absolute atomic E-state index is 10.8. The molecule has 0 aliphatic carbocycles. The van der Waals surface area contributed by atoms with E-state index < -0.39 is 0 Å². The molecule has 6 heteroatoms. The first-order valence-corrected chi connectivity index (χ1v) is 5.63. The largest absolute Gasteiger partial charge is 0.464 e. The molecule has 100 valence electrons. The van der Waals surface area contributed by atoms with Gasteiger partial charge in [0.1, 0.15) is 12.9 Å². The Hall–Kier alpha value is -0.980. The maximum atomic E-state index is 10.8. The van der Waals surface area contributed by atoms with Crippen LogP contribution in [0.4, 0.5) is 0 Å². The lowest BCUT2D eigenvalue weighted by Gasteiger charge is -2.05. The second-order valence-electron chi connectivity index (χ2n) is 3.04. The van der Waals surface area contributed by atoms with Gasteiger partial charge in [-0.3, -0.25) is 0 Å². The number of carbonyl (C=O) groups excluding carboxylic acids is 2. The highest BCUT2D eigenvalue weighted by atomic mass is 16.6. The fourth-order valence-electron chi connectivity index (χ4n) is 0.929. The van der Waals surface area contributed by atoms with Gasteiger partial charge < -0.3 is 23.7 Å². The highest BCUT2D eigenvalue weighted by Crippen LogP contribution is 1.84. The van der Waals surface area contributed by atoms with Crippen LogP contribution in [0.3, 0.4) is 0 Å². The summed E-state index contributed by atoms with van der Waals surface area (Å²) in [6.07, 6.45) is 1.22. The number of rotatable bonds is 12. The molecular formula is C11H20O6. The van der Waals surface area contributed by atoms with Gasteiger partial charge in [-0.1, -0.05) is 0 Å². The second-order valence-corrected chi connectivity index (χ2v) is 3.04. The molecule has 0 fully saturated rings. The minimum absolute atomic E-state index is 0.0486. The van der Waals surface area contributed by atoms with Gasteiger partial charge in [-0.2, -0.15) is 0 Å². The Bertz CT molecular complexity index is 194. The summed E-state index contributed by atoms with van der Waals surface area (Å²) in [6.45, 7) is 4.11. The lowest BCUT2D eigenvalue weighted by Crippen LogP contribution is -2.15. The van der Waals surface area contributed by atoms with E-state index in [1.165, 1.54) is 0 Å². The van der Waals surface area contributed by atoms with Crippen molar-refractivity contribution in [1.29, 1.82) is 0 Å². The van der Waals surface area contributed by atoms with Gasteiger partial charge in [0.15, 0.2) is 0 Å². The number of esters is 1. The summed E-state index contributed by atoms with van der Waals surface area (Å²) in [7, 11) is 0. The van der Waals surface area contributed by atoms with E-state index >= 15 is 0 Å². The van der Waals surface area contributed by atoms with Crippen LogP contribution in [0.1, 0.15) is 13.3 Å². The molecule has 17 heavy (non-hydrogen) atoms. The van der Waals surface area contributed by atoms with E-state index in [2.05, 4.69) is 4.74 Å². The summed E-state index contributed by atoms with van der Waals surface area (Å²) < 4.78 is 19.9. The van der Waals surface area contributed by atoms with Gasteiger partial charge >= 0.3 is 5.97 Å². The first-order chi connectivity index (χ1) is 8.31. The van der Waals surface area contributed by atoms with E-state index in [-0.39, 0.29) is 12.6 Å². The van der Waals surface area contributed by atoms with Gasteiger partial charge in [-0.05, 0) is 6.92 Å². The van der Waals surface area contributed by atoms with Crippen LogP contribution < -0.4 is 0 Å². The van der Waals surface area contributed by atoms with Crippen LogP contribution in [-0.4, -0.2) is 58.5 Å². The summed E-state index contributed by atoms with van der Waals surface area (Å²) in [4.78, 5) is 20.8. The van der Waals surface area contributed by atoms with Crippen LogP contribution in [-0.2, 0) is 28.5 Å². The van der Waals surface area contributed by atoms with Crippen molar-refractivity contribution in [3.63, 3.8) is 0 Å². The van der Waals surface area contributed by atoms with E-state index in [4.69, 9.17) is 14.2 Å². The molecule has 0 aliphatic heterocycles. The van der Waals surface area contributed by atoms with Crippen molar-refractivity contribution in [2.45, 2.75) is 13.3 Å². The minimum atomic E-state index is -0.371. The Morgan fingerprint density at radius 1 is 1.00 bits per heavy atom. The normalized spacial score (nSPS) is 10.2. The molecule has 0 aromatic heterocycles. The zero-order valence-corrected chi connectivity index (χ0v) is 10.2. The Balaban J connectivity index is 3.03. The maximum Gasteiger partial charge on any atom is 0.332 e. The number of hydrogen-bond acceptors (Lipinski definition) is 6. The van der Waals surface area contributed by atoms with Gasteiger partial charge in [-0.15, -0.1) is 0 Å². The SMILES string of the molecule is CCOC(=O)COCCOCCOCCC=O. The highest BCUT2D eigenvalue weighted by molar-refractivity contribution is 5.70. The molecule has 0 heterocycles. The number of hydrogen-bond donors (Lipinski definition) is 0. The van der Waals surface area contributed by atoms with Crippen molar-refractivity contribution < 1.29 is 28.5 Å². The van der Waals surface area contributed by atoms with Gasteiger partial charge in [-0.25, -0.2) is 4.79 Å². The summed E-state index contributed by atoms with van der Waals surface area (Å²) >= 11 is 0. The quantitative estimate of drug-likeness (QED) is 0.279. The molecule has 0 bridgehead atoms. The van der Waals surface area contributed by atoms with Crippen molar-refractivity contribution in [2.75, 3.05) is 46.2 Å². The van der Waals surface area contributed by atoms with Gasteiger partial charge in [0.25, 0.3) is 0 Å². The number of aldehydes is 1. The van der Waals surface area contributed by atoms with Crippen molar-refractivity contribution in [3.8, 4) is 0 Å². The van der Waals surface area contributed by atoms with E-state index in [1.807, 2.05) is 0 Å². The molecule has 0 atom stereocenters. The van der Waals surface area contributed by atoms with Crippen molar-refractivity contribution in [3.05, 3.63) is 0 Å².